The van der Waals surface area contributed by atoms with Crippen molar-refractivity contribution in [1.29, 1.82) is 0 Å². The average molecular weight is 355 g/mol. The van der Waals surface area contributed by atoms with Gasteiger partial charge in [-0.25, -0.2) is 0 Å². The smallest absolute Gasteiger partial charge is 0.387 e. The first-order valence-electron chi connectivity index (χ1n) is 6.99. The maximum Gasteiger partial charge on any atom is 0.387 e. The summed E-state index contributed by atoms with van der Waals surface area (Å²) in [5.74, 6) is -0.991. The Morgan fingerprint density at radius 2 is 2.00 bits per heavy atom. The number of alkyl halides is 2. The predicted octanol–water partition coefficient (Wildman–Crippen LogP) is 2.21. The van der Waals surface area contributed by atoms with Crippen LogP contribution in [0.1, 0.15) is 24.9 Å². The van der Waals surface area contributed by atoms with Gasteiger partial charge in [0.2, 0.25) is 0 Å². The molecule has 0 aliphatic carbocycles. The van der Waals surface area contributed by atoms with Crippen molar-refractivity contribution < 1.29 is 23.1 Å². The van der Waals surface area contributed by atoms with Crippen molar-refractivity contribution in [1.82, 2.24) is 15.6 Å². The molecule has 2 rings (SSSR count). The zero-order chi connectivity index (χ0) is 17.5. The highest BCUT2D eigenvalue weighted by Crippen LogP contribution is 2.29. The van der Waals surface area contributed by atoms with E-state index in [2.05, 4.69) is 20.4 Å². The quantitative estimate of drug-likeness (QED) is 0.747. The third-order valence-electron chi connectivity index (χ3n) is 2.86. The second-order valence-corrected chi connectivity index (χ2v) is 5.94. The van der Waals surface area contributed by atoms with Crippen molar-refractivity contribution >= 4 is 23.2 Å². The number of amides is 2. The normalized spacial score (nSPS) is 10.5. The number of ether oxygens (including phenoxy) is 1. The minimum absolute atomic E-state index is 0.0754. The summed E-state index contributed by atoms with van der Waals surface area (Å²) in [6, 6.07) is 4.64. The molecule has 0 spiro atoms. The third-order valence-corrected chi connectivity index (χ3v) is 3.89. The summed E-state index contributed by atoms with van der Waals surface area (Å²) in [5.41, 5.74) is 0.408. The van der Waals surface area contributed by atoms with Crippen molar-refractivity contribution in [3.63, 3.8) is 0 Å². The van der Waals surface area contributed by atoms with Crippen LogP contribution < -0.4 is 15.4 Å². The minimum Gasteiger partial charge on any atom is -0.433 e. The molecule has 0 fully saturated rings. The molecule has 0 unspecified atom stereocenters. The lowest BCUT2D eigenvalue weighted by molar-refractivity contribution is -0.0498. The molecule has 2 N–H and O–H groups in total. The maximum absolute atomic E-state index is 12.3. The summed E-state index contributed by atoms with van der Waals surface area (Å²) < 4.78 is 29.0. The van der Waals surface area contributed by atoms with Crippen LogP contribution in [0.4, 0.5) is 8.78 Å². The van der Waals surface area contributed by atoms with Crippen molar-refractivity contribution in [3.8, 4) is 5.75 Å². The molecule has 0 saturated carbocycles. The molecule has 0 aliphatic heterocycles. The molecule has 2 heterocycles. The maximum atomic E-state index is 12.3. The second-order valence-electron chi connectivity index (χ2n) is 4.68. The Kier molecular flexibility index (Phi) is 6.19. The van der Waals surface area contributed by atoms with Crippen molar-refractivity contribution in [2.24, 2.45) is 0 Å². The number of hydrogen-bond donors (Lipinski definition) is 2. The number of rotatable bonds is 7. The number of aryl methyl sites for hydroxylation is 1. The van der Waals surface area contributed by atoms with Crippen LogP contribution in [-0.2, 0) is 0 Å². The second kappa shape index (κ2) is 8.34. The van der Waals surface area contributed by atoms with Crippen molar-refractivity contribution in [3.05, 3.63) is 45.9 Å². The largest absolute Gasteiger partial charge is 0.433 e. The fourth-order valence-electron chi connectivity index (χ4n) is 1.86. The van der Waals surface area contributed by atoms with E-state index in [1.807, 2.05) is 0 Å². The predicted molar refractivity (Wildman–Crippen MR) is 84.6 cm³/mol. The highest BCUT2D eigenvalue weighted by molar-refractivity contribution is 7.14. The molecule has 128 valence electrons. The Bertz CT molecular complexity index is 707. The molecule has 6 nitrogen and oxygen atoms in total. The molecule has 2 aromatic heterocycles. The van der Waals surface area contributed by atoms with Gasteiger partial charge in [-0.1, -0.05) is 0 Å². The summed E-state index contributed by atoms with van der Waals surface area (Å²) in [6.45, 7) is -0.970. The van der Waals surface area contributed by atoms with Gasteiger partial charge in [0.1, 0.15) is 10.6 Å². The molecule has 0 bridgehead atoms. The number of hydrogen-bond acceptors (Lipinski definition) is 5. The van der Waals surface area contributed by atoms with Crippen LogP contribution in [-0.4, -0.2) is 36.5 Å². The summed E-state index contributed by atoms with van der Waals surface area (Å²) in [7, 11) is 0. The molecule has 2 aromatic rings. The molecule has 0 atom stereocenters. The minimum atomic E-state index is -3.00. The van der Waals surface area contributed by atoms with E-state index in [9.17, 15) is 18.4 Å². The van der Waals surface area contributed by atoms with Crippen molar-refractivity contribution in [2.45, 2.75) is 13.5 Å². The lowest BCUT2D eigenvalue weighted by atomic mass is 10.3. The first kappa shape index (κ1) is 17.8. The monoisotopic (exact) mass is 355 g/mol. The first-order valence-corrected chi connectivity index (χ1v) is 7.80. The lowest BCUT2D eigenvalue weighted by Gasteiger charge is -2.08. The Hall–Kier alpha value is -2.55. The summed E-state index contributed by atoms with van der Waals surface area (Å²) >= 11 is 1.06. The Morgan fingerprint density at radius 3 is 2.62 bits per heavy atom. The van der Waals surface area contributed by atoms with Crippen LogP contribution in [0.2, 0.25) is 0 Å². The van der Waals surface area contributed by atoms with Gasteiger partial charge >= 0.3 is 6.61 Å². The molecule has 24 heavy (non-hydrogen) atoms. The molecular weight excluding hydrogens is 340 g/mol. The van der Waals surface area contributed by atoms with Crippen LogP contribution in [0.15, 0.2) is 30.6 Å². The van der Waals surface area contributed by atoms with Crippen LogP contribution in [0.3, 0.4) is 0 Å². The number of carbonyl (C=O) groups excluding carboxylic acids is 2. The Labute approximate surface area is 140 Å². The van der Waals surface area contributed by atoms with E-state index in [1.165, 1.54) is 12.3 Å². The van der Waals surface area contributed by atoms with E-state index >= 15 is 0 Å². The molecule has 0 saturated heterocycles. The van der Waals surface area contributed by atoms with Crippen LogP contribution >= 0.6 is 11.3 Å². The van der Waals surface area contributed by atoms with Gasteiger partial charge in [0.05, 0.1) is 5.56 Å². The van der Waals surface area contributed by atoms with Gasteiger partial charge in [0.25, 0.3) is 11.8 Å². The summed E-state index contributed by atoms with van der Waals surface area (Å²) in [6.07, 6.45) is 2.98. The van der Waals surface area contributed by atoms with Crippen LogP contribution in [0.25, 0.3) is 0 Å². The number of halogens is 2. The average Bonchev–Trinajstić information content (AvgIpc) is 2.91. The summed E-state index contributed by atoms with van der Waals surface area (Å²) in [5, 5.41) is 5.17. The van der Waals surface area contributed by atoms with Gasteiger partial charge in [-0.3, -0.25) is 14.6 Å². The zero-order valence-corrected chi connectivity index (χ0v) is 13.5. The fourth-order valence-corrected chi connectivity index (χ4v) is 2.72. The van der Waals surface area contributed by atoms with Gasteiger partial charge in [0, 0.05) is 30.4 Å². The topological polar surface area (TPSA) is 80.3 Å². The number of nitrogens with zero attached hydrogens (tertiary/aromatic N) is 1. The molecule has 2 amide bonds. The lowest BCUT2D eigenvalue weighted by Crippen LogP contribution is -2.34. The third kappa shape index (κ3) is 4.98. The van der Waals surface area contributed by atoms with E-state index < -0.39 is 12.5 Å². The highest BCUT2D eigenvalue weighted by atomic mass is 32.1. The number of carbonyl (C=O) groups is 2. The number of aromatic nitrogens is 1. The van der Waals surface area contributed by atoms with E-state index in [-0.39, 0.29) is 29.6 Å². The van der Waals surface area contributed by atoms with E-state index in [0.29, 0.717) is 10.4 Å². The van der Waals surface area contributed by atoms with Crippen LogP contribution in [0.5, 0.6) is 5.75 Å². The molecule has 0 radical (unpaired) electrons. The molecule has 0 aromatic carbocycles. The number of thiophene rings is 1. The highest BCUT2D eigenvalue weighted by Gasteiger charge is 2.19. The van der Waals surface area contributed by atoms with Crippen LogP contribution in [0, 0.1) is 6.92 Å². The zero-order valence-electron chi connectivity index (χ0n) is 12.7. The van der Waals surface area contributed by atoms with Gasteiger partial charge in [-0.05, 0) is 25.1 Å². The Morgan fingerprint density at radius 1 is 1.29 bits per heavy atom. The molecule has 9 heteroatoms. The SMILES string of the molecule is Cc1cc(OC(F)F)c(C(=O)NCCNC(=O)c2cccnc2)s1. The van der Waals surface area contributed by atoms with Gasteiger partial charge in [-0.15, -0.1) is 11.3 Å². The van der Waals surface area contributed by atoms with Gasteiger partial charge < -0.3 is 15.4 Å². The van der Waals surface area contributed by atoms with E-state index in [4.69, 9.17) is 0 Å². The van der Waals surface area contributed by atoms with Crippen molar-refractivity contribution in [2.75, 3.05) is 13.1 Å². The van der Waals surface area contributed by atoms with E-state index in [0.717, 1.165) is 11.3 Å². The summed E-state index contributed by atoms with van der Waals surface area (Å²) in [4.78, 5) is 28.4. The number of pyridine rings is 1. The van der Waals surface area contributed by atoms with Gasteiger partial charge in [-0.2, -0.15) is 8.78 Å². The standard InChI is InChI=1S/C15H15F2N3O3S/c1-9-7-11(23-15(16)17)12(24-9)14(22)20-6-5-19-13(21)10-3-2-4-18-8-10/h2-4,7-8,15H,5-6H2,1H3,(H,19,21)(H,20,22). The van der Waals surface area contributed by atoms with Gasteiger partial charge in [0.15, 0.2) is 0 Å². The first-order chi connectivity index (χ1) is 11.5. The molecule has 0 aliphatic rings. The Balaban J connectivity index is 1.82. The fraction of sp³-hybridized carbons (Fsp3) is 0.267. The number of nitrogens with one attached hydrogen (secondary N) is 2. The van der Waals surface area contributed by atoms with E-state index in [1.54, 1.807) is 25.3 Å². The molecular formula is C15H15F2N3O3S.